The van der Waals surface area contributed by atoms with Crippen LogP contribution >= 0.6 is 11.6 Å². The molecule has 0 spiro atoms. The molecule has 0 aliphatic rings. The van der Waals surface area contributed by atoms with Crippen LogP contribution in [0, 0.1) is 6.92 Å². The van der Waals surface area contributed by atoms with Gasteiger partial charge in [-0.05, 0) is 55.2 Å². The van der Waals surface area contributed by atoms with Crippen molar-refractivity contribution in [2.45, 2.75) is 26.2 Å². The summed E-state index contributed by atoms with van der Waals surface area (Å²) in [5.41, 5.74) is 3.14. The highest BCUT2D eigenvalue weighted by Gasteiger charge is 2.29. The molecule has 2 aromatic rings. The molecular formula is C17H17ClO2. The summed E-state index contributed by atoms with van der Waals surface area (Å²) in [7, 11) is 0. The average molecular weight is 289 g/mol. The van der Waals surface area contributed by atoms with E-state index in [9.17, 15) is 9.90 Å². The van der Waals surface area contributed by atoms with Gasteiger partial charge in [0.15, 0.2) is 0 Å². The van der Waals surface area contributed by atoms with E-state index >= 15 is 0 Å². The second-order valence-corrected chi connectivity index (χ2v) is 5.90. The summed E-state index contributed by atoms with van der Waals surface area (Å²) in [6.07, 6.45) is 0. The van der Waals surface area contributed by atoms with Gasteiger partial charge < -0.3 is 5.11 Å². The van der Waals surface area contributed by atoms with Crippen LogP contribution in [0.1, 0.15) is 25.0 Å². The van der Waals surface area contributed by atoms with Crippen LogP contribution in [0.15, 0.2) is 42.5 Å². The highest BCUT2D eigenvalue weighted by Crippen LogP contribution is 2.30. The fraction of sp³-hybridized carbons (Fsp3) is 0.235. The molecular weight excluding hydrogens is 272 g/mol. The maximum absolute atomic E-state index is 11.3. The average Bonchev–Trinajstić information content (AvgIpc) is 2.41. The molecule has 0 heterocycles. The summed E-state index contributed by atoms with van der Waals surface area (Å²) in [6, 6.07) is 13.4. The minimum atomic E-state index is -0.887. The van der Waals surface area contributed by atoms with Crippen molar-refractivity contribution in [3.8, 4) is 11.1 Å². The molecule has 0 saturated carbocycles. The van der Waals surface area contributed by atoms with Gasteiger partial charge in [-0.25, -0.2) is 0 Å². The zero-order chi connectivity index (χ0) is 14.9. The Bertz CT molecular complexity index is 643. The van der Waals surface area contributed by atoms with Crippen molar-refractivity contribution < 1.29 is 9.90 Å². The number of halogens is 1. The number of hydrogen-bond donors (Lipinski definition) is 1. The monoisotopic (exact) mass is 288 g/mol. The molecule has 0 aliphatic carbocycles. The molecule has 2 aromatic carbocycles. The quantitative estimate of drug-likeness (QED) is 0.890. The van der Waals surface area contributed by atoms with Crippen molar-refractivity contribution in [2.24, 2.45) is 0 Å². The maximum atomic E-state index is 11.3. The van der Waals surface area contributed by atoms with Crippen LogP contribution in [0.4, 0.5) is 0 Å². The highest BCUT2D eigenvalue weighted by molar-refractivity contribution is 6.30. The molecule has 0 amide bonds. The van der Waals surface area contributed by atoms with Crippen LogP contribution in [0.5, 0.6) is 0 Å². The van der Waals surface area contributed by atoms with Crippen molar-refractivity contribution >= 4 is 17.6 Å². The largest absolute Gasteiger partial charge is 0.481 e. The second-order valence-electron chi connectivity index (χ2n) is 5.47. The molecule has 0 atom stereocenters. The molecule has 0 fully saturated rings. The molecule has 104 valence electrons. The van der Waals surface area contributed by atoms with Crippen LogP contribution < -0.4 is 0 Å². The summed E-state index contributed by atoms with van der Waals surface area (Å²) < 4.78 is 0. The first-order chi connectivity index (χ1) is 9.32. The first-order valence-corrected chi connectivity index (χ1v) is 6.80. The van der Waals surface area contributed by atoms with Crippen molar-refractivity contribution in [1.29, 1.82) is 0 Å². The van der Waals surface area contributed by atoms with Crippen LogP contribution in [-0.4, -0.2) is 11.1 Å². The van der Waals surface area contributed by atoms with E-state index in [0.29, 0.717) is 5.02 Å². The van der Waals surface area contributed by atoms with E-state index < -0.39 is 11.4 Å². The van der Waals surface area contributed by atoms with E-state index in [-0.39, 0.29) is 0 Å². The number of aryl methyl sites for hydroxylation is 1. The van der Waals surface area contributed by atoms with Gasteiger partial charge in [-0.3, -0.25) is 4.79 Å². The SMILES string of the molecule is Cc1ccc(Cl)cc1-c1ccc(C(C)(C)C(=O)O)cc1. The Hall–Kier alpha value is -1.80. The molecule has 1 N–H and O–H groups in total. The zero-order valence-corrected chi connectivity index (χ0v) is 12.5. The van der Waals surface area contributed by atoms with Gasteiger partial charge in [-0.2, -0.15) is 0 Å². The van der Waals surface area contributed by atoms with Crippen LogP contribution in [-0.2, 0) is 10.2 Å². The summed E-state index contributed by atoms with van der Waals surface area (Å²) in [5.74, 6) is -0.829. The van der Waals surface area contributed by atoms with Gasteiger partial charge in [0.1, 0.15) is 0 Å². The molecule has 0 radical (unpaired) electrons. The Balaban J connectivity index is 2.43. The predicted molar refractivity (Wildman–Crippen MR) is 82.3 cm³/mol. The van der Waals surface area contributed by atoms with Gasteiger partial charge in [0, 0.05) is 5.02 Å². The molecule has 0 saturated heterocycles. The normalized spacial score (nSPS) is 11.4. The van der Waals surface area contributed by atoms with E-state index in [4.69, 9.17) is 11.6 Å². The van der Waals surface area contributed by atoms with Gasteiger partial charge >= 0.3 is 5.97 Å². The second kappa shape index (κ2) is 5.29. The van der Waals surface area contributed by atoms with Gasteiger partial charge in [0.2, 0.25) is 0 Å². The van der Waals surface area contributed by atoms with Gasteiger partial charge in [-0.15, -0.1) is 0 Å². The molecule has 0 bridgehead atoms. The maximum Gasteiger partial charge on any atom is 0.313 e. The van der Waals surface area contributed by atoms with E-state index in [0.717, 1.165) is 22.3 Å². The third kappa shape index (κ3) is 2.70. The Morgan fingerprint density at radius 2 is 1.70 bits per heavy atom. The van der Waals surface area contributed by atoms with E-state index in [1.165, 1.54) is 0 Å². The third-order valence-corrected chi connectivity index (χ3v) is 3.89. The fourth-order valence-electron chi connectivity index (χ4n) is 2.10. The lowest BCUT2D eigenvalue weighted by molar-refractivity contribution is -0.142. The standard InChI is InChI=1S/C17H17ClO2/c1-11-4-9-14(18)10-15(11)12-5-7-13(8-6-12)17(2,3)16(19)20/h4-10H,1-3H3,(H,19,20). The summed E-state index contributed by atoms with van der Waals surface area (Å²) in [4.78, 5) is 11.3. The van der Waals surface area contributed by atoms with E-state index in [2.05, 4.69) is 0 Å². The fourth-order valence-corrected chi connectivity index (χ4v) is 2.27. The molecule has 0 aromatic heterocycles. The van der Waals surface area contributed by atoms with E-state index in [1.54, 1.807) is 13.8 Å². The Labute approximate surface area is 124 Å². The lowest BCUT2D eigenvalue weighted by Gasteiger charge is -2.20. The number of aliphatic carboxylic acids is 1. The van der Waals surface area contributed by atoms with Gasteiger partial charge in [0.25, 0.3) is 0 Å². The lowest BCUT2D eigenvalue weighted by atomic mass is 9.84. The highest BCUT2D eigenvalue weighted by atomic mass is 35.5. The van der Waals surface area contributed by atoms with Crippen molar-refractivity contribution in [2.75, 3.05) is 0 Å². The van der Waals surface area contributed by atoms with E-state index in [1.807, 2.05) is 49.4 Å². The molecule has 3 heteroatoms. The number of carboxylic acids is 1. The Morgan fingerprint density at radius 3 is 2.25 bits per heavy atom. The molecule has 2 rings (SSSR count). The molecule has 0 unspecified atom stereocenters. The topological polar surface area (TPSA) is 37.3 Å². The first kappa shape index (κ1) is 14.6. The van der Waals surface area contributed by atoms with Gasteiger partial charge in [0.05, 0.1) is 5.41 Å². The van der Waals surface area contributed by atoms with Crippen molar-refractivity contribution in [1.82, 2.24) is 0 Å². The van der Waals surface area contributed by atoms with Crippen LogP contribution in [0.25, 0.3) is 11.1 Å². The van der Waals surface area contributed by atoms with Crippen molar-refractivity contribution in [3.63, 3.8) is 0 Å². The Morgan fingerprint density at radius 1 is 1.10 bits per heavy atom. The molecule has 20 heavy (non-hydrogen) atoms. The third-order valence-electron chi connectivity index (χ3n) is 3.65. The summed E-state index contributed by atoms with van der Waals surface area (Å²) >= 11 is 6.03. The minimum absolute atomic E-state index is 0.695. The number of benzene rings is 2. The number of carbonyl (C=O) groups is 1. The smallest absolute Gasteiger partial charge is 0.313 e. The summed E-state index contributed by atoms with van der Waals surface area (Å²) in [5, 5.41) is 9.94. The first-order valence-electron chi connectivity index (χ1n) is 6.43. The number of carboxylic acid groups (broad SMARTS) is 1. The number of rotatable bonds is 3. The summed E-state index contributed by atoms with van der Waals surface area (Å²) in [6.45, 7) is 5.44. The van der Waals surface area contributed by atoms with Crippen LogP contribution in [0.3, 0.4) is 0 Å². The number of hydrogen-bond acceptors (Lipinski definition) is 1. The predicted octanol–water partition coefficient (Wildman–Crippen LogP) is 4.68. The molecule has 2 nitrogen and oxygen atoms in total. The van der Waals surface area contributed by atoms with Gasteiger partial charge in [-0.1, -0.05) is 41.9 Å². The lowest BCUT2D eigenvalue weighted by Crippen LogP contribution is -2.28. The zero-order valence-electron chi connectivity index (χ0n) is 11.8. The van der Waals surface area contributed by atoms with Crippen LogP contribution in [0.2, 0.25) is 5.02 Å². The molecule has 0 aliphatic heterocycles. The minimum Gasteiger partial charge on any atom is -0.481 e. The Kier molecular flexibility index (Phi) is 3.87. The van der Waals surface area contributed by atoms with Crippen molar-refractivity contribution in [3.05, 3.63) is 58.6 Å².